The van der Waals surface area contributed by atoms with Crippen molar-refractivity contribution < 1.29 is 9.53 Å². The summed E-state index contributed by atoms with van der Waals surface area (Å²) in [6, 6.07) is 9.99. The van der Waals surface area contributed by atoms with Crippen molar-refractivity contribution in [1.82, 2.24) is 24.8 Å². The molecule has 0 aliphatic carbocycles. The molecule has 0 fully saturated rings. The Morgan fingerprint density at radius 2 is 2.04 bits per heavy atom. The molecule has 0 saturated heterocycles. The van der Waals surface area contributed by atoms with E-state index in [1.165, 1.54) is 22.9 Å². The van der Waals surface area contributed by atoms with E-state index >= 15 is 0 Å². The normalized spacial score (nSPS) is 10.7. The molecule has 27 heavy (non-hydrogen) atoms. The fraction of sp³-hybridized carbons (Fsp3) is 0.278. The first-order valence-corrected chi connectivity index (χ1v) is 8.82. The number of ether oxygens (including phenoxy) is 1. The molecule has 9 heteroatoms. The molecule has 0 bridgehead atoms. The van der Waals surface area contributed by atoms with Gasteiger partial charge in [-0.3, -0.25) is 4.79 Å². The zero-order valence-corrected chi connectivity index (χ0v) is 15.5. The van der Waals surface area contributed by atoms with Gasteiger partial charge in [-0.2, -0.15) is 0 Å². The highest BCUT2D eigenvalue weighted by Crippen LogP contribution is 2.15. The lowest BCUT2D eigenvalue weighted by atomic mass is 10.2. The van der Waals surface area contributed by atoms with E-state index in [-0.39, 0.29) is 24.3 Å². The van der Waals surface area contributed by atoms with E-state index in [0.717, 1.165) is 12.0 Å². The second-order valence-corrected chi connectivity index (χ2v) is 6.28. The average Bonchev–Trinajstić information content (AvgIpc) is 3.11. The zero-order chi connectivity index (χ0) is 19.2. The van der Waals surface area contributed by atoms with Crippen LogP contribution >= 0.6 is 11.6 Å². The Bertz CT molecular complexity index is 998. The van der Waals surface area contributed by atoms with Crippen LogP contribution in [0.25, 0.3) is 0 Å². The number of halogens is 1. The number of benzene rings is 1. The van der Waals surface area contributed by atoms with Crippen LogP contribution in [0.3, 0.4) is 0 Å². The smallest absolute Gasteiger partial charge is 0.340 e. The molecule has 3 rings (SSSR count). The summed E-state index contributed by atoms with van der Waals surface area (Å²) >= 11 is 6.15. The van der Waals surface area contributed by atoms with E-state index in [2.05, 4.69) is 15.5 Å². The summed E-state index contributed by atoms with van der Waals surface area (Å²) in [5, 5.41) is 11.8. The Morgan fingerprint density at radius 3 is 2.81 bits per heavy atom. The van der Waals surface area contributed by atoms with Crippen molar-refractivity contribution in [2.45, 2.75) is 33.0 Å². The van der Waals surface area contributed by atoms with Crippen LogP contribution in [0.2, 0.25) is 5.02 Å². The predicted molar refractivity (Wildman–Crippen MR) is 98.5 cm³/mol. The fourth-order valence-corrected chi connectivity index (χ4v) is 2.71. The van der Waals surface area contributed by atoms with E-state index in [4.69, 9.17) is 16.3 Å². The van der Waals surface area contributed by atoms with Crippen LogP contribution in [0.5, 0.6) is 0 Å². The Kier molecular flexibility index (Phi) is 5.97. The number of esters is 1. The first-order chi connectivity index (χ1) is 13.1. The van der Waals surface area contributed by atoms with E-state index in [1.54, 1.807) is 10.7 Å². The van der Waals surface area contributed by atoms with Crippen LogP contribution < -0.4 is 5.56 Å². The summed E-state index contributed by atoms with van der Waals surface area (Å²) in [6.07, 6.45) is 2.32. The third-order valence-corrected chi connectivity index (χ3v) is 4.26. The average molecular weight is 388 g/mol. The van der Waals surface area contributed by atoms with E-state index in [9.17, 15) is 9.59 Å². The van der Waals surface area contributed by atoms with Crippen LogP contribution in [-0.2, 0) is 24.4 Å². The Morgan fingerprint density at radius 1 is 1.22 bits per heavy atom. The summed E-state index contributed by atoms with van der Waals surface area (Å²) in [5.41, 5.74) is 0.806. The molecule has 3 aromatic rings. The van der Waals surface area contributed by atoms with Gasteiger partial charge in [0.25, 0.3) is 5.56 Å². The van der Waals surface area contributed by atoms with Gasteiger partial charge in [0.05, 0.1) is 12.1 Å². The molecule has 0 aliphatic rings. The number of nitrogens with zero attached hydrogens (tertiary/aromatic N) is 5. The van der Waals surface area contributed by atoms with Gasteiger partial charge in [-0.1, -0.05) is 36.7 Å². The highest BCUT2D eigenvalue weighted by molar-refractivity contribution is 6.31. The molecule has 2 heterocycles. The summed E-state index contributed by atoms with van der Waals surface area (Å²) in [7, 11) is 0. The molecular formula is C18H18ClN5O3. The maximum absolute atomic E-state index is 12.4. The van der Waals surface area contributed by atoms with E-state index < -0.39 is 5.97 Å². The standard InChI is InChI=1S/C18H18ClN5O3/c1-2-9-24-16(20-21-22-24)12-27-18(26)14-7-8-17(25)23(11-14)10-13-5-3-4-6-15(13)19/h3-8,11H,2,9-10,12H2,1H3. The lowest BCUT2D eigenvalue weighted by Gasteiger charge is -2.10. The molecule has 0 unspecified atom stereocenters. The summed E-state index contributed by atoms with van der Waals surface area (Å²) in [6.45, 7) is 2.85. The molecule has 0 aliphatic heterocycles. The molecule has 0 spiro atoms. The number of carbonyl (C=O) groups is 1. The molecule has 1 aromatic carbocycles. The molecule has 140 valence electrons. The van der Waals surface area contributed by atoms with E-state index in [1.807, 2.05) is 25.1 Å². The summed E-state index contributed by atoms with van der Waals surface area (Å²) < 4.78 is 8.29. The molecule has 0 amide bonds. The quantitative estimate of drug-likeness (QED) is 0.577. The summed E-state index contributed by atoms with van der Waals surface area (Å²) in [4.78, 5) is 24.5. The second-order valence-electron chi connectivity index (χ2n) is 5.87. The Hall–Kier alpha value is -3.00. The maximum Gasteiger partial charge on any atom is 0.340 e. The lowest BCUT2D eigenvalue weighted by Crippen LogP contribution is -2.21. The summed E-state index contributed by atoms with van der Waals surface area (Å²) in [5.74, 6) is -0.0939. The fourth-order valence-electron chi connectivity index (χ4n) is 2.51. The van der Waals surface area contributed by atoms with Crippen LogP contribution in [0.1, 0.15) is 35.1 Å². The van der Waals surface area contributed by atoms with Gasteiger partial charge < -0.3 is 9.30 Å². The molecule has 0 N–H and O–H groups in total. The van der Waals surface area contributed by atoms with Gasteiger partial charge in [0.1, 0.15) is 0 Å². The first-order valence-electron chi connectivity index (χ1n) is 8.44. The van der Waals surface area contributed by atoms with Gasteiger partial charge >= 0.3 is 5.97 Å². The zero-order valence-electron chi connectivity index (χ0n) is 14.7. The highest BCUT2D eigenvalue weighted by atomic mass is 35.5. The van der Waals surface area contributed by atoms with Crippen LogP contribution in [0.4, 0.5) is 0 Å². The van der Waals surface area contributed by atoms with Crippen molar-refractivity contribution in [3.63, 3.8) is 0 Å². The van der Waals surface area contributed by atoms with Crippen molar-refractivity contribution in [3.05, 3.63) is 74.9 Å². The molecule has 8 nitrogen and oxygen atoms in total. The topological polar surface area (TPSA) is 91.9 Å². The van der Waals surface area contributed by atoms with E-state index in [0.29, 0.717) is 17.4 Å². The Labute approximate surface area is 160 Å². The largest absolute Gasteiger partial charge is 0.454 e. The number of aryl methyl sites for hydroxylation is 1. The third kappa shape index (κ3) is 4.59. The highest BCUT2D eigenvalue weighted by Gasteiger charge is 2.13. The van der Waals surface area contributed by atoms with Crippen LogP contribution in [0.15, 0.2) is 47.4 Å². The maximum atomic E-state index is 12.4. The van der Waals surface area contributed by atoms with Crippen LogP contribution in [0, 0.1) is 0 Å². The third-order valence-electron chi connectivity index (χ3n) is 3.89. The van der Waals surface area contributed by atoms with Crippen molar-refractivity contribution in [1.29, 1.82) is 0 Å². The number of tetrazole rings is 1. The number of hydrogen-bond donors (Lipinski definition) is 0. The van der Waals surface area contributed by atoms with Gasteiger partial charge in [0, 0.05) is 23.8 Å². The molecule has 2 aromatic heterocycles. The number of carbonyl (C=O) groups excluding carboxylic acids is 1. The number of rotatable bonds is 7. The van der Waals surface area contributed by atoms with Crippen molar-refractivity contribution >= 4 is 17.6 Å². The molecule has 0 atom stereocenters. The van der Waals surface area contributed by atoms with Gasteiger partial charge in [0.15, 0.2) is 12.4 Å². The first kappa shape index (κ1) is 18.8. The number of pyridine rings is 1. The van der Waals surface area contributed by atoms with Crippen LogP contribution in [-0.4, -0.2) is 30.7 Å². The number of aromatic nitrogens is 5. The minimum Gasteiger partial charge on any atom is -0.454 e. The van der Waals surface area contributed by atoms with Crippen molar-refractivity contribution in [3.8, 4) is 0 Å². The van der Waals surface area contributed by atoms with Crippen molar-refractivity contribution in [2.75, 3.05) is 0 Å². The number of hydrogen-bond acceptors (Lipinski definition) is 6. The second kappa shape index (κ2) is 8.59. The Balaban J connectivity index is 1.73. The minimum atomic E-state index is -0.561. The predicted octanol–water partition coefficient (Wildman–Crippen LogP) is 2.30. The minimum absolute atomic E-state index is 0.0462. The monoisotopic (exact) mass is 387 g/mol. The van der Waals surface area contributed by atoms with Crippen molar-refractivity contribution in [2.24, 2.45) is 0 Å². The van der Waals surface area contributed by atoms with Gasteiger partial charge in [-0.25, -0.2) is 9.48 Å². The molecule has 0 saturated carbocycles. The SMILES string of the molecule is CCCn1nnnc1COC(=O)c1ccc(=O)n(Cc2ccccc2Cl)c1. The molecule has 0 radical (unpaired) electrons. The van der Waals surface area contributed by atoms with Gasteiger partial charge in [0.2, 0.25) is 0 Å². The van der Waals surface area contributed by atoms with Gasteiger partial charge in [-0.15, -0.1) is 5.10 Å². The molecular weight excluding hydrogens is 370 g/mol. The lowest BCUT2D eigenvalue weighted by molar-refractivity contribution is 0.0455. The van der Waals surface area contributed by atoms with Gasteiger partial charge in [-0.05, 0) is 34.5 Å².